The summed E-state index contributed by atoms with van der Waals surface area (Å²) in [6.45, 7) is 12.5. The topological polar surface area (TPSA) is 112 Å². The number of primary amides is 1. The summed E-state index contributed by atoms with van der Waals surface area (Å²) in [5.74, 6) is 1.38. The van der Waals surface area contributed by atoms with Crippen molar-refractivity contribution in [2.75, 3.05) is 11.1 Å². The number of anilines is 1. The van der Waals surface area contributed by atoms with Crippen LogP contribution in [-0.4, -0.2) is 32.3 Å². The smallest absolute Gasteiger partial charge is 0.251 e. The van der Waals surface area contributed by atoms with Gasteiger partial charge in [-0.2, -0.15) is 0 Å². The van der Waals surface area contributed by atoms with Gasteiger partial charge in [-0.25, -0.2) is 0 Å². The number of amides is 2. The van der Waals surface area contributed by atoms with E-state index < -0.39 is 5.91 Å². The van der Waals surface area contributed by atoms with Gasteiger partial charge in [-0.3, -0.25) is 14.2 Å². The minimum Gasteiger partial charge on any atom is -0.482 e. The number of allylic oxidation sites excluding steroid dienone is 1. The van der Waals surface area contributed by atoms with Gasteiger partial charge in [0.25, 0.3) is 5.91 Å². The summed E-state index contributed by atoms with van der Waals surface area (Å²) < 4.78 is 8.09. The molecule has 37 heavy (non-hydrogen) atoms. The van der Waals surface area contributed by atoms with Crippen LogP contribution in [0.3, 0.4) is 0 Å². The number of benzene rings is 1. The number of aromatic nitrogens is 3. The van der Waals surface area contributed by atoms with Gasteiger partial charge in [-0.1, -0.05) is 42.5 Å². The van der Waals surface area contributed by atoms with Crippen molar-refractivity contribution < 1.29 is 14.3 Å². The number of hydrogen-bond acceptors (Lipinski definition) is 7. The number of thioether (sulfide) groups is 1. The highest BCUT2D eigenvalue weighted by atomic mass is 32.2. The van der Waals surface area contributed by atoms with Crippen molar-refractivity contribution in [2.24, 2.45) is 11.7 Å². The third-order valence-corrected chi connectivity index (χ3v) is 8.53. The second-order valence-electron chi connectivity index (χ2n) is 9.53. The SMILES string of the molecule is C=CCn1c(SCC(=O)Nc2sc3c(c2C(N)=O)CCC(C)C3)nnc1C(C)Oc1ccc(C)cc1C. The lowest BCUT2D eigenvalue weighted by Gasteiger charge is -2.18. The molecule has 0 bridgehead atoms. The number of rotatable bonds is 10. The molecule has 1 aromatic carbocycles. The lowest BCUT2D eigenvalue weighted by atomic mass is 9.88. The summed E-state index contributed by atoms with van der Waals surface area (Å²) in [6, 6.07) is 6.04. The van der Waals surface area contributed by atoms with Crippen LogP contribution < -0.4 is 15.8 Å². The lowest BCUT2D eigenvalue weighted by Crippen LogP contribution is -2.20. The zero-order chi connectivity index (χ0) is 26.7. The molecule has 10 heteroatoms. The normalized spacial score (nSPS) is 15.6. The highest BCUT2D eigenvalue weighted by Crippen LogP contribution is 2.39. The molecule has 2 unspecified atom stereocenters. The highest BCUT2D eigenvalue weighted by molar-refractivity contribution is 7.99. The van der Waals surface area contributed by atoms with Gasteiger partial charge < -0.3 is 15.8 Å². The molecule has 1 aliphatic carbocycles. The average Bonchev–Trinajstić information content (AvgIpc) is 3.40. The summed E-state index contributed by atoms with van der Waals surface area (Å²) in [4.78, 5) is 26.2. The first kappa shape index (κ1) is 26.9. The van der Waals surface area contributed by atoms with Gasteiger partial charge in [0.05, 0.1) is 11.3 Å². The number of carbonyl (C=O) groups excluding carboxylic acids is 2. The number of nitrogens with zero attached hydrogens (tertiary/aromatic N) is 3. The van der Waals surface area contributed by atoms with Crippen LogP contribution >= 0.6 is 23.1 Å². The van der Waals surface area contributed by atoms with Crippen LogP contribution in [-0.2, 0) is 24.2 Å². The molecule has 0 saturated heterocycles. The number of fused-ring (bicyclic) bond motifs is 1. The van der Waals surface area contributed by atoms with E-state index in [1.54, 1.807) is 6.08 Å². The van der Waals surface area contributed by atoms with Crippen LogP contribution in [0.1, 0.15) is 64.1 Å². The van der Waals surface area contributed by atoms with Crippen LogP contribution in [0.2, 0.25) is 0 Å². The Morgan fingerprint density at radius 1 is 1.38 bits per heavy atom. The molecule has 2 aromatic heterocycles. The molecule has 3 N–H and O–H groups in total. The highest BCUT2D eigenvalue weighted by Gasteiger charge is 2.27. The lowest BCUT2D eigenvalue weighted by molar-refractivity contribution is -0.113. The number of ether oxygens (including phenoxy) is 1. The van der Waals surface area contributed by atoms with E-state index in [9.17, 15) is 9.59 Å². The van der Waals surface area contributed by atoms with E-state index in [1.165, 1.54) is 28.7 Å². The largest absolute Gasteiger partial charge is 0.482 e. The third-order valence-electron chi connectivity index (χ3n) is 6.40. The Morgan fingerprint density at radius 3 is 2.86 bits per heavy atom. The molecule has 8 nitrogen and oxygen atoms in total. The quantitative estimate of drug-likeness (QED) is 0.269. The number of nitrogens with two attached hydrogens (primary N) is 1. The van der Waals surface area contributed by atoms with Gasteiger partial charge in [0.2, 0.25) is 5.91 Å². The Balaban J connectivity index is 1.46. The molecule has 2 amide bonds. The first-order chi connectivity index (χ1) is 17.7. The number of carbonyl (C=O) groups is 2. The van der Waals surface area contributed by atoms with E-state index in [0.29, 0.717) is 34.0 Å². The number of thiophene rings is 1. The van der Waals surface area contributed by atoms with Gasteiger partial charge in [0, 0.05) is 11.4 Å². The van der Waals surface area contributed by atoms with Gasteiger partial charge in [-0.05, 0) is 63.1 Å². The van der Waals surface area contributed by atoms with Crippen molar-refractivity contribution in [3.05, 3.63) is 63.8 Å². The van der Waals surface area contributed by atoms with E-state index in [-0.39, 0.29) is 17.8 Å². The number of nitrogens with one attached hydrogen (secondary N) is 1. The van der Waals surface area contributed by atoms with Crippen molar-refractivity contribution in [3.8, 4) is 5.75 Å². The fourth-order valence-electron chi connectivity index (χ4n) is 4.58. The Kier molecular flexibility index (Phi) is 8.39. The standard InChI is InChI=1S/C27H33N5O3S2/c1-6-11-32-25(18(5)35-20-10-8-15(2)12-17(20)4)30-31-27(32)36-14-22(33)29-26-23(24(28)34)19-9-7-16(3)13-21(19)37-26/h6,8,10,12,16,18H,1,7,9,11,13-14H2,2-5H3,(H2,28,34)(H,29,33). The third kappa shape index (κ3) is 6.07. The molecule has 2 heterocycles. The van der Waals surface area contributed by atoms with Crippen molar-refractivity contribution in [3.63, 3.8) is 0 Å². The second kappa shape index (κ2) is 11.5. The molecule has 0 saturated carbocycles. The average molecular weight is 540 g/mol. The Bertz CT molecular complexity index is 1330. The van der Waals surface area contributed by atoms with Gasteiger partial charge in [0.1, 0.15) is 10.8 Å². The molecule has 4 rings (SSSR count). The first-order valence-electron chi connectivity index (χ1n) is 12.3. The van der Waals surface area contributed by atoms with Crippen LogP contribution in [0.5, 0.6) is 5.75 Å². The van der Waals surface area contributed by atoms with E-state index in [2.05, 4.69) is 35.1 Å². The number of hydrogen-bond donors (Lipinski definition) is 2. The van der Waals surface area contributed by atoms with Gasteiger partial charge in [0.15, 0.2) is 17.1 Å². The van der Waals surface area contributed by atoms with Crippen LogP contribution in [0, 0.1) is 19.8 Å². The summed E-state index contributed by atoms with van der Waals surface area (Å²) in [7, 11) is 0. The first-order valence-corrected chi connectivity index (χ1v) is 14.1. The van der Waals surface area contributed by atoms with Crippen LogP contribution in [0.4, 0.5) is 5.00 Å². The zero-order valence-electron chi connectivity index (χ0n) is 21.7. The number of aryl methyl sites for hydroxylation is 2. The molecule has 1 aliphatic rings. The molecular formula is C27H33N5O3S2. The zero-order valence-corrected chi connectivity index (χ0v) is 23.3. The van der Waals surface area contributed by atoms with E-state index >= 15 is 0 Å². The van der Waals surface area contributed by atoms with Crippen molar-refractivity contribution in [1.82, 2.24) is 14.8 Å². The summed E-state index contributed by atoms with van der Waals surface area (Å²) in [5.41, 5.74) is 9.35. The molecule has 2 atom stereocenters. The molecular weight excluding hydrogens is 506 g/mol. The van der Waals surface area contributed by atoms with Gasteiger partial charge in [-0.15, -0.1) is 28.1 Å². The second-order valence-corrected chi connectivity index (χ2v) is 11.6. The predicted octanol–water partition coefficient (Wildman–Crippen LogP) is 5.24. The maximum atomic E-state index is 12.9. The van der Waals surface area contributed by atoms with Gasteiger partial charge >= 0.3 is 0 Å². The van der Waals surface area contributed by atoms with Crippen molar-refractivity contribution in [2.45, 2.75) is 64.8 Å². The van der Waals surface area contributed by atoms with Crippen molar-refractivity contribution >= 4 is 39.9 Å². The Labute approximate surface area is 225 Å². The molecule has 0 spiro atoms. The van der Waals surface area contributed by atoms with Crippen LogP contribution in [0.15, 0.2) is 36.0 Å². The minimum absolute atomic E-state index is 0.110. The van der Waals surface area contributed by atoms with Crippen molar-refractivity contribution in [1.29, 1.82) is 0 Å². The van der Waals surface area contributed by atoms with E-state index in [4.69, 9.17) is 10.5 Å². The van der Waals surface area contributed by atoms with E-state index in [1.807, 2.05) is 37.5 Å². The molecule has 0 radical (unpaired) electrons. The molecule has 196 valence electrons. The Morgan fingerprint density at radius 2 is 2.16 bits per heavy atom. The molecule has 0 fully saturated rings. The molecule has 3 aromatic rings. The summed E-state index contributed by atoms with van der Waals surface area (Å²) in [6.07, 6.45) is 4.14. The Hall–Kier alpha value is -3.11. The monoisotopic (exact) mass is 539 g/mol. The summed E-state index contributed by atoms with van der Waals surface area (Å²) in [5, 5.41) is 12.7. The molecule has 0 aliphatic heterocycles. The van der Waals surface area contributed by atoms with E-state index in [0.717, 1.165) is 41.0 Å². The summed E-state index contributed by atoms with van der Waals surface area (Å²) >= 11 is 2.74. The maximum Gasteiger partial charge on any atom is 0.251 e. The predicted molar refractivity (Wildman–Crippen MR) is 149 cm³/mol. The fourth-order valence-corrected chi connectivity index (χ4v) is 6.76. The fraction of sp³-hybridized carbons (Fsp3) is 0.407. The maximum absolute atomic E-state index is 12.9. The minimum atomic E-state index is -0.497. The van der Waals surface area contributed by atoms with Crippen LogP contribution in [0.25, 0.3) is 0 Å².